The molecule has 0 amide bonds. The number of hydrogen-bond acceptors (Lipinski definition) is 2. The number of benzene rings is 6. The van der Waals surface area contributed by atoms with Crippen LogP contribution in [-0.4, -0.2) is 17.7 Å². The van der Waals surface area contributed by atoms with Crippen LogP contribution in [0.15, 0.2) is 146 Å². The van der Waals surface area contributed by atoms with Gasteiger partial charge in [0.1, 0.15) is 12.7 Å². The highest BCUT2D eigenvalue weighted by Gasteiger charge is 2.18. The number of carboxylic acid groups (broad SMARTS) is 1. The topological polar surface area (TPSA) is 46.5 Å². The van der Waals surface area contributed by atoms with E-state index in [-0.39, 0.29) is 6.61 Å². The summed E-state index contributed by atoms with van der Waals surface area (Å²) in [6, 6.07) is 52.4. The summed E-state index contributed by atoms with van der Waals surface area (Å²) in [5.74, 6) is -0.980. The Balaban J connectivity index is 1.28. The summed E-state index contributed by atoms with van der Waals surface area (Å²) in [5, 5.41) is 9.51. The Morgan fingerprint density at radius 1 is 0.447 bits per heavy atom. The molecule has 0 saturated carbocycles. The Kier molecular flexibility index (Phi) is 9.08. The second-order valence-corrected chi connectivity index (χ2v) is 12.7. The zero-order valence-corrected chi connectivity index (χ0v) is 26.4. The van der Waals surface area contributed by atoms with E-state index in [2.05, 4.69) is 121 Å². The molecule has 6 aromatic carbocycles. The predicted octanol–water partition coefficient (Wildman–Crippen LogP) is 9.14. The highest BCUT2D eigenvalue weighted by molar-refractivity contribution is 5.68. The van der Waals surface area contributed by atoms with E-state index in [4.69, 9.17) is 4.74 Å². The highest BCUT2D eigenvalue weighted by atomic mass is 16.5. The van der Waals surface area contributed by atoms with Crippen molar-refractivity contribution in [3.8, 4) is 0 Å². The fourth-order valence-electron chi connectivity index (χ4n) is 6.85. The van der Waals surface area contributed by atoms with Gasteiger partial charge in [0.05, 0.1) is 0 Å². The first-order valence-electron chi connectivity index (χ1n) is 16.3. The molecule has 47 heavy (non-hydrogen) atoms. The quantitative estimate of drug-likeness (QED) is 0.216. The molecule has 0 saturated heterocycles. The lowest BCUT2D eigenvalue weighted by Crippen LogP contribution is -2.14. The van der Waals surface area contributed by atoms with Gasteiger partial charge in [-0.25, -0.2) is 4.79 Å². The number of carboxylic acids is 1. The number of ether oxygens (including phenoxy) is 1. The van der Waals surface area contributed by atoms with Gasteiger partial charge >= 0.3 is 5.97 Å². The van der Waals surface area contributed by atoms with Gasteiger partial charge in [0.15, 0.2) is 0 Å². The van der Waals surface area contributed by atoms with Gasteiger partial charge in [0.25, 0.3) is 0 Å². The van der Waals surface area contributed by atoms with Crippen LogP contribution in [0.2, 0.25) is 0 Å². The number of aliphatic carboxylic acids is 1. The van der Waals surface area contributed by atoms with Crippen LogP contribution in [0.4, 0.5) is 0 Å². The molecule has 0 radical (unpaired) electrons. The Bertz CT molecular complexity index is 1890. The second-order valence-electron chi connectivity index (χ2n) is 12.7. The summed E-state index contributed by atoms with van der Waals surface area (Å²) < 4.78 is 6.07. The summed E-state index contributed by atoms with van der Waals surface area (Å²) in [5.41, 5.74) is 14.6. The van der Waals surface area contributed by atoms with Crippen molar-refractivity contribution in [3.05, 3.63) is 212 Å². The van der Waals surface area contributed by atoms with Crippen LogP contribution in [0.5, 0.6) is 0 Å². The van der Waals surface area contributed by atoms with Gasteiger partial charge in [-0.2, -0.15) is 0 Å². The lowest BCUT2D eigenvalue weighted by atomic mass is 9.93. The van der Waals surface area contributed by atoms with Crippen molar-refractivity contribution in [2.24, 2.45) is 0 Å². The van der Waals surface area contributed by atoms with E-state index in [1.54, 1.807) is 0 Å². The first-order valence-corrected chi connectivity index (χ1v) is 16.3. The van der Waals surface area contributed by atoms with E-state index in [0.29, 0.717) is 0 Å². The molecule has 0 aromatic heterocycles. The van der Waals surface area contributed by atoms with E-state index in [1.165, 1.54) is 44.5 Å². The molecule has 0 fully saturated rings. The predicted molar refractivity (Wildman–Crippen MR) is 188 cm³/mol. The van der Waals surface area contributed by atoms with Crippen LogP contribution in [-0.2, 0) is 41.6 Å². The zero-order chi connectivity index (χ0) is 32.0. The van der Waals surface area contributed by atoms with Gasteiger partial charge in [-0.3, -0.25) is 0 Å². The van der Waals surface area contributed by atoms with Crippen LogP contribution >= 0.6 is 0 Å². The molecule has 3 heteroatoms. The first kappa shape index (κ1) is 30.4. The molecule has 12 bridgehead atoms. The third-order valence-electron chi connectivity index (χ3n) is 8.89. The lowest BCUT2D eigenvalue weighted by Gasteiger charge is -2.20. The van der Waals surface area contributed by atoms with Gasteiger partial charge in [-0.1, -0.05) is 146 Å². The van der Waals surface area contributed by atoms with Crippen molar-refractivity contribution >= 4 is 5.97 Å². The molecule has 7 rings (SSSR count). The molecule has 1 aliphatic carbocycles. The minimum atomic E-state index is -0.980. The van der Waals surface area contributed by atoms with Gasteiger partial charge in [0.2, 0.25) is 0 Å². The Hall–Kier alpha value is -5.25. The molecule has 0 unspecified atom stereocenters. The molecule has 0 aliphatic heterocycles. The average Bonchev–Trinajstić information content (AvgIpc) is 3.06. The van der Waals surface area contributed by atoms with Gasteiger partial charge in [-0.05, 0) is 98.9 Å². The van der Waals surface area contributed by atoms with E-state index < -0.39 is 12.1 Å². The van der Waals surface area contributed by atoms with Crippen LogP contribution in [0.25, 0.3) is 0 Å². The standard InChI is InChI=1S/C44H38O3/c45-43(46)30-47-44-41-17-5-15-39(28-41)26-37-13-3-11-35(24-37)22-33-9-1-7-31(20-33)19-32-8-2-10-34(21-32)23-36-12-4-14-38(25-36)27-40-16-6-18-42(44)29-40/h1-18,20-21,24-25,28-29,44H,19,22-23,26-27,30H2,(H,45,46). The minimum absolute atomic E-state index is 0.369. The Labute approximate surface area is 277 Å². The molecule has 232 valence electrons. The third kappa shape index (κ3) is 7.95. The SMILES string of the molecule is O=C(O)COC1c2cccc(c2)Cc2cccc(c2)Cc2cccc(c2)Cc2cccc(c2)Cc2cccc(c2)Cc2cccc1c2. The first-order chi connectivity index (χ1) is 23.0. The number of fused-ring (bicyclic) bond motifs is 12. The zero-order valence-electron chi connectivity index (χ0n) is 26.4. The highest BCUT2D eigenvalue weighted by Crippen LogP contribution is 2.29. The van der Waals surface area contributed by atoms with Crippen molar-refractivity contribution in [1.82, 2.24) is 0 Å². The molecule has 1 N–H and O–H groups in total. The average molecular weight is 615 g/mol. The van der Waals surface area contributed by atoms with Crippen LogP contribution in [0.1, 0.15) is 72.9 Å². The fourth-order valence-corrected chi connectivity index (χ4v) is 6.85. The maximum absolute atomic E-state index is 11.6. The molecule has 0 heterocycles. The second kappa shape index (κ2) is 14.0. The largest absolute Gasteiger partial charge is 0.480 e. The molecule has 6 aromatic rings. The molecule has 3 nitrogen and oxygen atoms in total. The minimum Gasteiger partial charge on any atom is -0.480 e. The summed E-state index contributed by atoms with van der Waals surface area (Å²) in [4.78, 5) is 11.6. The smallest absolute Gasteiger partial charge is 0.329 e. The number of carbonyl (C=O) groups is 1. The van der Waals surface area contributed by atoms with Gasteiger partial charge in [-0.15, -0.1) is 0 Å². The molecular formula is C44H38O3. The maximum atomic E-state index is 11.6. The molecule has 0 atom stereocenters. The van der Waals surface area contributed by atoms with E-state index >= 15 is 0 Å². The third-order valence-corrected chi connectivity index (χ3v) is 8.89. The summed E-state index contributed by atoms with van der Waals surface area (Å²) in [7, 11) is 0. The molecule has 1 aliphatic rings. The van der Waals surface area contributed by atoms with Crippen molar-refractivity contribution in [3.63, 3.8) is 0 Å². The van der Waals surface area contributed by atoms with Crippen LogP contribution in [0, 0.1) is 0 Å². The van der Waals surface area contributed by atoms with E-state index in [0.717, 1.165) is 54.4 Å². The van der Waals surface area contributed by atoms with Crippen LogP contribution < -0.4 is 0 Å². The summed E-state index contributed by atoms with van der Waals surface area (Å²) in [6.45, 7) is -0.369. The molecular weight excluding hydrogens is 576 g/mol. The fraction of sp³-hybridized carbons (Fsp3) is 0.159. The Morgan fingerprint density at radius 3 is 0.979 bits per heavy atom. The van der Waals surface area contributed by atoms with Crippen molar-refractivity contribution < 1.29 is 14.6 Å². The van der Waals surface area contributed by atoms with Gasteiger partial charge < -0.3 is 9.84 Å². The Morgan fingerprint density at radius 2 is 0.702 bits per heavy atom. The normalized spacial score (nSPS) is 13.4. The van der Waals surface area contributed by atoms with Gasteiger partial charge in [0, 0.05) is 0 Å². The summed E-state index contributed by atoms with van der Waals surface area (Å²) in [6.07, 6.45) is 3.72. The van der Waals surface area contributed by atoms with Crippen molar-refractivity contribution in [2.75, 3.05) is 6.61 Å². The molecule has 0 spiro atoms. The number of rotatable bonds is 3. The number of hydrogen-bond donors (Lipinski definition) is 1. The maximum Gasteiger partial charge on any atom is 0.329 e. The van der Waals surface area contributed by atoms with E-state index in [9.17, 15) is 9.90 Å². The lowest BCUT2D eigenvalue weighted by molar-refractivity contribution is -0.143. The van der Waals surface area contributed by atoms with Crippen molar-refractivity contribution in [2.45, 2.75) is 38.2 Å². The monoisotopic (exact) mass is 614 g/mol. The van der Waals surface area contributed by atoms with Crippen LogP contribution in [0.3, 0.4) is 0 Å². The summed E-state index contributed by atoms with van der Waals surface area (Å²) >= 11 is 0. The van der Waals surface area contributed by atoms with E-state index in [1.807, 2.05) is 24.3 Å². The van der Waals surface area contributed by atoms with Crippen molar-refractivity contribution in [1.29, 1.82) is 0 Å².